The number of ether oxygens (including phenoxy) is 3. The largest absolute Gasteiger partial charge is 0.511 e. The summed E-state index contributed by atoms with van der Waals surface area (Å²) in [5.41, 5.74) is 6.52. The molecule has 0 aliphatic heterocycles. The normalized spacial score (nSPS) is 11.2. The van der Waals surface area contributed by atoms with Crippen molar-refractivity contribution in [2.75, 3.05) is 26.6 Å². The number of aliphatic imine (C=N–C) groups is 1. The summed E-state index contributed by atoms with van der Waals surface area (Å²) < 4.78 is 14.8. The van der Waals surface area contributed by atoms with Gasteiger partial charge in [0.15, 0.2) is 0 Å². The number of aliphatic hydroxyl groups excluding tert-OH is 1. The molecule has 0 saturated heterocycles. The number of hydrogen-bond acceptors (Lipinski definition) is 9. The maximum atomic E-state index is 11.9. The molecule has 162 valence electrons. The van der Waals surface area contributed by atoms with Gasteiger partial charge in [0.25, 0.3) is 0 Å². The van der Waals surface area contributed by atoms with Crippen molar-refractivity contribution in [3.63, 3.8) is 0 Å². The van der Waals surface area contributed by atoms with Crippen LogP contribution >= 0.6 is 0 Å². The molecule has 2 aromatic heterocycles. The molecule has 0 aliphatic carbocycles. The van der Waals surface area contributed by atoms with Crippen molar-refractivity contribution in [2.24, 2.45) is 4.99 Å². The number of carbonyl (C=O) groups is 1. The molecule has 2 heterocycles. The highest BCUT2D eigenvalue weighted by atomic mass is 16.5. The Morgan fingerprint density at radius 1 is 1.13 bits per heavy atom. The van der Waals surface area contributed by atoms with Crippen LogP contribution in [0.3, 0.4) is 0 Å². The molecule has 9 heteroatoms. The fourth-order valence-corrected chi connectivity index (χ4v) is 2.17. The lowest BCUT2D eigenvalue weighted by atomic mass is 10.1. The molecule has 0 unspecified atom stereocenters. The van der Waals surface area contributed by atoms with Crippen molar-refractivity contribution in [1.82, 2.24) is 9.97 Å². The second kappa shape index (κ2) is 13.5. The Labute approximate surface area is 176 Å². The maximum Gasteiger partial charge on any atom is 0.343 e. The van der Waals surface area contributed by atoms with Crippen LogP contribution in [0.5, 0.6) is 11.8 Å². The average Bonchev–Trinajstić information content (AvgIpc) is 2.75. The number of nitrogens with zero attached hydrogens (tertiary/aromatic N) is 3. The lowest BCUT2D eigenvalue weighted by Crippen LogP contribution is -2.11. The van der Waals surface area contributed by atoms with E-state index in [4.69, 9.17) is 19.9 Å². The Kier molecular flexibility index (Phi) is 11.0. The summed E-state index contributed by atoms with van der Waals surface area (Å²) in [6, 6.07) is 6.90. The molecule has 0 atom stereocenters. The van der Waals surface area contributed by atoms with E-state index < -0.39 is 5.97 Å². The van der Waals surface area contributed by atoms with E-state index in [1.54, 1.807) is 50.7 Å². The highest BCUT2D eigenvalue weighted by molar-refractivity contribution is 6.10. The van der Waals surface area contributed by atoms with Crippen LogP contribution in [0.25, 0.3) is 0 Å². The van der Waals surface area contributed by atoms with Crippen LogP contribution in [0, 0.1) is 0 Å². The Balaban J connectivity index is 0.000000414. The first-order chi connectivity index (χ1) is 14.5. The second-order valence-electron chi connectivity index (χ2n) is 5.72. The molecular formula is C21H28N4O5. The Morgan fingerprint density at radius 3 is 2.30 bits per heavy atom. The molecule has 30 heavy (non-hydrogen) atoms. The highest BCUT2D eigenvalue weighted by Crippen LogP contribution is 2.23. The summed E-state index contributed by atoms with van der Waals surface area (Å²) in [5.74, 6) is 0.182. The molecule has 2 aromatic rings. The van der Waals surface area contributed by atoms with E-state index in [1.807, 2.05) is 6.92 Å². The lowest BCUT2D eigenvalue weighted by Gasteiger charge is -2.06. The number of aliphatic hydroxyl groups is 1. The summed E-state index contributed by atoms with van der Waals surface area (Å²) in [7, 11) is 3.02. The van der Waals surface area contributed by atoms with Gasteiger partial charge in [0.1, 0.15) is 17.0 Å². The monoisotopic (exact) mass is 416 g/mol. The van der Waals surface area contributed by atoms with Crippen molar-refractivity contribution in [3.8, 4) is 11.8 Å². The van der Waals surface area contributed by atoms with Crippen LogP contribution in [0.15, 0.2) is 53.0 Å². The number of carbonyl (C=O) groups excluding carboxylic acids is 1. The minimum Gasteiger partial charge on any atom is -0.511 e. The predicted octanol–water partition coefficient (Wildman–Crippen LogP) is 3.64. The molecular weight excluding hydrogens is 388 g/mol. The van der Waals surface area contributed by atoms with Gasteiger partial charge in [-0.15, -0.1) is 0 Å². The third-order valence-corrected chi connectivity index (χ3v) is 3.56. The van der Waals surface area contributed by atoms with Gasteiger partial charge >= 0.3 is 5.97 Å². The first-order valence-electron chi connectivity index (χ1n) is 9.35. The summed E-state index contributed by atoms with van der Waals surface area (Å²) >= 11 is 0. The Bertz CT molecular complexity index is 868. The van der Waals surface area contributed by atoms with Crippen molar-refractivity contribution in [2.45, 2.75) is 26.7 Å². The number of aromatic nitrogens is 2. The molecule has 0 bridgehead atoms. The summed E-state index contributed by atoms with van der Waals surface area (Å²) in [4.78, 5) is 23.9. The van der Waals surface area contributed by atoms with Gasteiger partial charge < -0.3 is 25.1 Å². The first-order valence-corrected chi connectivity index (χ1v) is 9.35. The zero-order valence-electron chi connectivity index (χ0n) is 17.7. The first kappa shape index (κ1) is 24.4. The molecule has 9 nitrogen and oxygen atoms in total. The SMILES string of the molecule is CCCC(O)=C(C=Nc1cccnc1OC)C(=O)OCC.COc1ncccc1N. The van der Waals surface area contributed by atoms with Crippen LogP contribution in [0.4, 0.5) is 11.4 Å². The van der Waals surface area contributed by atoms with Crippen molar-refractivity contribution in [3.05, 3.63) is 48.0 Å². The fourth-order valence-electron chi connectivity index (χ4n) is 2.17. The number of nitrogens with two attached hydrogens (primary N) is 1. The van der Waals surface area contributed by atoms with E-state index in [0.29, 0.717) is 36.0 Å². The number of pyridine rings is 2. The number of rotatable bonds is 8. The van der Waals surface area contributed by atoms with Crippen LogP contribution in [0.1, 0.15) is 26.7 Å². The highest BCUT2D eigenvalue weighted by Gasteiger charge is 2.14. The number of hydrogen-bond donors (Lipinski definition) is 2. The van der Waals surface area contributed by atoms with Crippen molar-refractivity contribution >= 4 is 23.6 Å². The summed E-state index contributed by atoms with van der Waals surface area (Å²) in [5, 5.41) is 9.95. The van der Waals surface area contributed by atoms with E-state index >= 15 is 0 Å². The molecule has 2 rings (SSSR count). The molecule has 0 aliphatic rings. The third kappa shape index (κ3) is 7.78. The molecule has 0 fully saturated rings. The molecule has 0 amide bonds. The minimum atomic E-state index is -0.602. The van der Waals surface area contributed by atoms with Gasteiger partial charge in [0.2, 0.25) is 11.8 Å². The van der Waals surface area contributed by atoms with Crippen molar-refractivity contribution < 1.29 is 24.1 Å². The number of esters is 1. The predicted molar refractivity (Wildman–Crippen MR) is 115 cm³/mol. The number of nitrogen functional groups attached to an aromatic ring is 1. The van der Waals surface area contributed by atoms with Gasteiger partial charge in [0.05, 0.1) is 26.5 Å². The quantitative estimate of drug-likeness (QED) is 0.289. The lowest BCUT2D eigenvalue weighted by molar-refractivity contribution is -0.138. The molecule has 0 radical (unpaired) electrons. The van der Waals surface area contributed by atoms with E-state index in [1.165, 1.54) is 13.3 Å². The van der Waals surface area contributed by atoms with E-state index in [-0.39, 0.29) is 17.9 Å². The van der Waals surface area contributed by atoms with Crippen LogP contribution in [-0.2, 0) is 9.53 Å². The van der Waals surface area contributed by atoms with Gasteiger partial charge in [-0.2, -0.15) is 0 Å². The van der Waals surface area contributed by atoms with Crippen LogP contribution < -0.4 is 15.2 Å². The topological polar surface area (TPSA) is 129 Å². The van der Waals surface area contributed by atoms with Gasteiger partial charge in [-0.25, -0.2) is 14.8 Å². The summed E-state index contributed by atoms with van der Waals surface area (Å²) in [6.45, 7) is 3.83. The van der Waals surface area contributed by atoms with Crippen molar-refractivity contribution in [1.29, 1.82) is 0 Å². The average molecular weight is 416 g/mol. The van der Waals surface area contributed by atoms with Gasteiger partial charge in [0, 0.05) is 25.0 Å². The smallest absolute Gasteiger partial charge is 0.343 e. The Morgan fingerprint density at radius 2 is 1.77 bits per heavy atom. The number of anilines is 1. The zero-order valence-corrected chi connectivity index (χ0v) is 17.7. The molecule has 0 spiro atoms. The standard InChI is InChI=1S/C15H20N2O4.C6H8N2O/c1-4-7-13(18)11(15(19)21-5-2)10-17-12-8-6-9-16-14(12)20-3;1-9-6-5(7)3-2-4-8-6/h6,8-10,18H,4-5,7H2,1-3H3;2-4H,7H2,1H3. The second-order valence-corrected chi connectivity index (χ2v) is 5.72. The fraction of sp³-hybridized carbons (Fsp3) is 0.333. The van der Waals surface area contributed by atoms with E-state index in [0.717, 1.165) is 0 Å². The molecule has 0 aromatic carbocycles. The summed E-state index contributed by atoms with van der Waals surface area (Å²) in [6.07, 6.45) is 5.58. The zero-order chi connectivity index (χ0) is 22.4. The van der Waals surface area contributed by atoms with Crippen LogP contribution in [-0.4, -0.2) is 48.1 Å². The minimum absolute atomic E-state index is 0.0393. The Hall–Kier alpha value is -3.62. The molecule has 3 N–H and O–H groups in total. The number of methoxy groups -OCH3 is 2. The molecule has 0 saturated carbocycles. The van der Waals surface area contributed by atoms with E-state index in [2.05, 4.69) is 15.0 Å². The third-order valence-electron chi connectivity index (χ3n) is 3.56. The van der Waals surface area contributed by atoms with Crippen LogP contribution in [0.2, 0.25) is 0 Å². The van der Waals surface area contributed by atoms with Gasteiger partial charge in [-0.1, -0.05) is 6.92 Å². The van der Waals surface area contributed by atoms with Gasteiger partial charge in [-0.05, 0) is 37.6 Å². The maximum absolute atomic E-state index is 11.9. The van der Waals surface area contributed by atoms with E-state index in [9.17, 15) is 9.90 Å². The van der Waals surface area contributed by atoms with Gasteiger partial charge in [-0.3, -0.25) is 4.99 Å². The number of allylic oxidation sites excluding steroid dienone is 1.